The van der Waals surface area contributed by atoms with Crippen LogP contribution in [0.1, 0.15) is 28.6 Å². The van der Waals surface area contributed by atoms with Gasteiger partial charge in [0.05, 0.1) is 12.6 Å². The van der Waals surface area contributed by atoms with Crippen molar-refractivity contribution in [1.82, 2.24) is 30.0 Å². The van der Waals surface area contributed by atoms with Gasteiger partial charge in [-0.05, 0) is 37.9 Å². The molecule has 6 heteroatoms. The molecule has 1 aliphatic rings. The molecule has 1 fully saturated rings. The molecule has 2 heterocycles. The van der Waals surface area contributed by atoms with Crippen molar-refractivity contribution in [3.63, 3.8) is 0 Å². The fourth-order valence-corrected chi connectivity index (χ4v) is 5.37. The molecular formula is C32H32N6. The highest BCUT2D eigenvalue weighted by Gasteiger charge is 2.31. The summed E-state index contributed by atoms with van der Waals surface area (Å²) in [6, 6.07) is 36.1. The number of fused-ring (bicyclic) bond motifs is 1. The number of rotatable bonds is 8. The zero-order valence-electron chi connectivity index (χ0n) is 21.5. The van der Waals surface area contributed by atoms with Gasteiger partial charge in [0, 0.05) is 32.7 Å². The van der Waals surface area contributed by atoms with Gasteiger partial charge in [-0.15, -0.1) is 5.10 Å². The molecule has 0 saturated carbocycles. The summed E-state index contributed by atoms with van der Waals surface area (Å²) in [5, 5.41) is 15.7. The molecule has 0 spiro atoms. The minimum Gasteiger partial charge on any atom is -0.297 e. The second-order valence-corrected chi connectivity index (χ2v) is 9.80. The number of hydrogen-bond acceptors (Lipinski definition) is 5. The van der Waals surface area contributed by atoms with E-state index in [9.17, 15) is 0 Å². The first-order chi connectivity index (χ1) is 18.8. The van der Waals surface area contributed by atoms with Crippen LogP contribution in [0, 0.1) is 0 Å². The molecule has 0 aliphatic carbocycles. The van der Waals surface area contributed by atoms with Gasteiger partial charge in [0.15, 0.2) is 5.82 Å². The average Bonchev–Trinajstić information content (AvgIpc) is 3.43. The maximum absolute atomic E-state index is 4.61. The van der Waals surface area contributed by atoms with Crippen molar-refractivity contribution in [2.45, 2.75) is 12.6 Å². The largest absolute Gasteiger partial charge is 0.297 e. The highest BCUT2D eigenvalue weighted by Crippen LogP contribution is 2.33. The van der Waals surface area contributed by atoms with E-state index in [1.807, 2.05) is 10.7 Å². The molecule has 0 N–H and O–H groups in total. The topological polar surface area (TPSA) is 50.1 Å². The molecule has 5 aromatic rings. The second-order valence-electron chi connectivity index (χ2n) is 9.80. The lowest BCUT2D eigenvalue weighted by Crippen LogP contribution is -2.48. The monoisotopic (exact) mass is 500 g/mol. The van der Waals surface area contributed by atoms with E-state index in [0.29, 0.717) is 6.54 Å². The van der Waals surface area contributed by atoms with E-state index >= 15 is 0 Å². The summed E-state index contributed by atoms with van der Waals surface area (Å²) in [5.74, 6) is 0.891. The van der Waals surface area contributed by atoms with E-state index in [1.165, 1.54) is 27.5 Å². The molecule has 6 nitrogen and oxygen atoms in total. The van der Waals surface area contributed by atoms with Gasteiger partial charge in [-0.2, -0.15) is 0 Å². The Morgan fingerprint density at radius 2 is 1.45 bits per heavy atom. The molecule has 0 radical (unpaired) electrons. The van der Waals surface area contributed by atoms with E-state index in [-0.39, 0.29) is 6.04 Å². The zero-order chi connectivity index (χ0) is 25.6. The molecule has 0 amide bonds. The Balaban J connectivity index is 1.27. The Hall–Kier alpha value is -4.13. The molecule has 1 atom stereocenters. The molecule has 1 aromatic heterocycles. The third-order valence-corrected chi connectivity index (χ3v) is 7.34. The minimum absolute atomic E-state index is 0.0261. The maximum atomic E-state index is 4.61. The van der Waals surface area contributed by atoms with Gasteiger partial charge in [0.2, 0.25) is 0 Å². The molecule has 1 aliphatic heterocycles. The lowest BCUT2D eigenvalue weighted by molar-refractivity contribution is 0.113. The third-order valence-electron chi connectivity index (χ3n) is 7.34. The third kappa shape index (κ3) is 5.42. The van der Waals surface area contributed by atoms with Crippen molar-refractivity contribution in [2.75, 3.05) is 32.7 Å². The molecule has 6 rings (SSSR count). The van der Waals surface area contributed by atoms with E-state index in [2.05, 4.69) is 135 Å². The van der Waals surface area contributed by atoms with Crippen molar-refractivity contribution < 1.29 is 0 Å². The predicted molar refractivity (Wildman–Crippen MR) is 153 cm³/mol. The zero-order valence-corrected chi connectivity index (χ0v) is 21.5. The van der Waals surface area contributed by atoms with E-state index in [1.54, 1.807) is 0 Å². The van der Waals surface area contributed by atoms with Crippen molar-refractivity contribution in [2.24, 2.45) is 0 Å². The Kier molecular flexibility index (Phi) is 7.33. The molecule has 38 heavy (non-hydrogen) atoms. The van der Waals surface area contributed by atoms with Gasteiger partial charge < -0.3 is 0 Å². The Labute approximate surface area is 223 Å². The summed E-state index contributed by atoms with van der Waals surface area (Å²) < 4.78 is 1.97. The Bertz CT molecular complexity index is 1480. The van der Waals surface area contributed by atoms with Crippen LogP contribution in [0.15, 0.2) is 109 Å². The van der Waals surface area contributed by atoms with E-state index in [0.717, 1.165) is 38.5 Å². The van der Waals surface area contributed by atoms with Crippen molar-refractivity contribution in [3.8, 4) is 0 Å². The fourth-order valence-electron chi connectivity index (χ4n) is 5.37. The van der Waals surface area contributed by atoms with Crippen LogP contribution in [-0.4, -0.2) is 62.7 Å². The maximum Gasteiger partial charge on any atom is 0.173 e. The van der Waals surface area contributed by atoms with Crippen LogP contribution in [0.4, 0.5) is 0 Å². The summed E-state index contributed by atoms with van der Waals surface area (Å²) in [7, 11) is 0. The molecular weight excluding hydrogens is 468 g/mol. The lowest BCUT2D eigenvalue weighted by atomic mass is 9.96. The molecule has 1 saturated heterocycles. The number of benzene rings is 4. The Morgan fingerprint density at radius 3 is 2.26 bits per heavy atom. The van der Waals surface area contributed by atoms with Gasteiger partial charge in [-0.25, -0.2) is 4.68 Å². The van der Waals surface area contributed by atoms with E-state index in [4.69, 9.17) is 0 Å². The van der Waals surface area contributed by atoms with E-state index < -0.39 is 0 Å². The summed E-state index contributed by atoms with van der Waals surface area (Å²) in [5.41, 5.74) is 3.68. The van der Waals surface area contributed by atoms with Gasteiger partial charge in [-0.1, -0.05) is 115 Å². The van der Waals surface area contributed by atoms with Crippen LogP contribution < -0.4 is 0 Å². The van der Waals surface area contributed by atoms with Crippen molar-refractivity contribution >= 4 is 16.8 Å². The number of aromatic nitrogens is 4. The van der Waals surface area contributed by atoms with Gasteiger partial charge >= 0.3 is 0 Å². The second kappa shape index (κ2) is 11.5. The highest BCUT2D eigenvalue weighted by atomic mass is 15.6. The molecule has 0 bridgehead atoms. The smallest absolute Gasteiger partial charge is 0.173 e. The van der Waals surface area contributed by atoms with Crippen LogP contribution in [0.5, 0.6) is 0 Å². The minimum atomic E-state index is -0.0261. The van der Waals surface area contributed by atoms with Crippen LogP contribution in [0.25, 0.3) is 16.8 Å². The summed E-state index contributed by atoms with van der Waals surface area (Å²) in [4.78, 5) is 5.06. The fraction of sp³-hybridized carbons (Fsp3) is 0.219. The van der Waals surface area contributed by atoms with Crippen LogP contribution in [0.3, 0.4) is 0 Å². The van der Waals surface area contributed by atoms with Crippen LogP contribution in [0.2, 0.25) is 0 Å². The normalized spacial score (nSPS) is 15.8. The number of tetrazole rings is 1. The lowest BCUT2D eigenvalue weighted by Gasteiger charge is -2.39. The van der Waals surface area contributed by atoms with Gasteiger partial charge in [0.25, 0.3) is 0 Å². The quantitative estimate of drug-likeness (QED) is 0.290. The summed E-state index contributed by atoms with van der Waals surface area (Å²) in [6.45, 7) is 5.50. The van der Waals surface area contributed by atoms with Gasteiger partial charge in [0.1, 0.15) is 0 Å². The number of nitrogens with zero attached hydrogens (tertiary/aromatic N) is 6. The molecule has 4 aromatic carbocycles. The first-order valence-electron chi connectivity index (χ1n) is 13.3. The van der Waals surface area contributed by atoms with Crippen LogP contribution >= 0.6 is 0 Å². The SMILES string of the molecule is C(=C\c1ccccc1)/CN1CCN(C(c2cccc3ccccc23)c2nnnn2Cc2ccccc2)CC1. The summed E-state index contributed by atoms with van der Waals surface area (Å²) in [6.07, 6.45) is 4.48. The standard InChI is InChI=1S/C32H32N6/c1-3-11-26(12-4-1)15-10-20-36-21-23-37(24-22-36)31(30-19-9-17-28-16-7-8-18-29(28)30)32-33-34-35-38(32)25-27-13-5-2-6-14-27/h1-19,31H,20-25H2/b15-10+. The predicted octanol–water partition coefficient (Wildman–Crippen LogP) is 5.30. The van der Waals surface area contributed by atoms with Crippen LogP contribution in [-0.2, 0) is 6.54 Å². The number of hydrogen-bond donors (Lipinski definition) is 0. The average molecular weight is 501 g/mol. The van der Waals surface area contributed by atoms with Crippen molar-refractivity contribution in [1.29, 1.82) is 0 Å². The highest BCUT2D eigenvalue weighted by molar-refractivity contribution is 5.86. The Morgan fingerprint density at radius 1 is 0.737 bits per heavy atom. The first kappa shape index (κ1) is 24.2. The molecule has 1 unspecified atom stereocenters. The number of piperazine rings is 1. The van der Waals surface area contributed by atoms with Crippen molar-refractivity contribution in [3.05, 3.63) is 132 Å². The molecule has 190 valence electrons. The summed E-state index contributed by atoms with van der Waals surface area (Å²) >= 11 is 0. The first-order valence-corrected chi connectivity index (χ1v) is 13.3. The van der Waals surface area contributed by atoms with Gasteiger partial charge in [-0.3, -0.25) is 9.80 Å².